The molecule has 0 spiro atoms. The van der Waals surface area contributed by atoms with Gasteiger partial charge in [-0.15, -0.1) is 12.4 Å². The molecule has 2 aromatic heterocycles. The second-order valence-corrected chi connectivity index (χ2v) is 4.31. The number of aromatic nitrogens is 3. The fourth-order valence-corrected chi connectivity index (χ4v) is 2.18. The summed E-state index contributed by atoms with van der Waals surface area (Å²) in [6.07, 6.45) is 4.49. The van der Waals surface area contributed by atoms with Crippen LogP contribution in [0.4, 0.5) is 11.5 Å². The molecule has 7 heteroatoms. The number of halogens is 1. The lowest BCUT2D eigenvalue weighted by Crippen LogP contribution is -2.14. The molecule has 19 heavy (non-hydrogen) atoms. The van der Waals surface area contributed by atoms with Gasteiger partial charge in [0.25, 0.3) is 5.91 Å². The number of rotatable bonds is 2. The summed E-state index contributed by atoms with van der Waals surface area (Å²) in [5.74, 6) is 0.217. The first-order valence-corrected chi connectivity index (χ1v) is 5.83. The van der Waals surface area contributed by atoms with E-state index < -0.39 is 0 Å². The molecule has 0 bridgehead atoms. The van der Waals surface area contributed by atoms with Crippen molar-refractivity contribution in [3.63, 3.8) is 0 Å². The molecule has 0 radical (unpaired) electrons. The van der Waals surface area contributed by atoms with E-state index in [9.17, 15) is 4.79 Å². The third-order valence-electron chi connectivity index (χ3n) is 3.07. The van der Waals surface area contributed by atoms with Crippen LogP contribution < -0.4 is 11.1 Å². The van der Waals surface area contributed by atoms with Crippen LogP contribution >= 0.6 is 12.4 Å². The maximum Gasteiger partial charge on any atom is 0.276 e. The number of nitrogens with zero attached hydrogens (tertiary/aromatic N) is 2. The summed E-state index contributed by atoms with van der Waals surface area (Å²) in [7, 11) is 0. The zero-order chi connectivity index (χ0) is 12.5. The number of carbonyl (C=O) groups is 1. The number of hydrogen-bond acceptors (Lipinski definition) is 4. The number of amides is 1. The van der Waals surface area contributed by atoms with Gasteiger partial charge >= 0.3 is 0 Å². The second-order valence-electron chi connectivity index (χ2n) is 4.31. The Balaban J connectivity index is 0.00000133. The SMILES string of the molecule is Cl.Nc1ccc(NC(=O)c2n[nH]c3c2CCC3)cn1. The van der Waals surface area contributed by atoms with E-state index in [0.717, 1.165) is 30.5 Å². The van der Waals surface area contributed by atoms with Gasteiger partial charge in [-0.05, 0) is 31.4 Å². The highest BCUT2D eigenvalue weighted by Gasteiger charge is 2.22. The summed E-state index contributed by atoms with van der Waals surface area (Å²) in [5, 5.41) is 9.75. The number of nitrogens with one attached hydrogen (secondary N) is 2. The first-order chi connectivity index (χ1) is 8.74. The Labute approximate surface area is 116 Å². The lowest BCUT2D eigenvalue weighted by molar-refractivity contribution is 0.102. The first kappa shape index (κ1) is 13.4. The van der Waals surface area contributed by atoms with E-state index in [1.54, 1.807) is 12.1 Å². The smallest absolute Gasteiger partial charge is 0.276 e. The first-order valence-electron chi connectivity index (χ1n) is 5.83. The highest BCUT2D eigenvalue weighted by atomic mass is 35.5. The highest BCUT2D eigenvalue weighted by Crippen LogP contribution is 2.23. The standard InChI is InChI=1S/C12H13N5O.ClH/c13-10-5-4-7(6-14-10)15-12(18)11-8-2-1-3-9(8)16-17-11;/h4-6H,1-3H2,(H2,13,14)(H,15,18)(H,16,17);1H. The van der Waals surface area contributed by atoms with Crippen molar-refractivity contribution in [3.05, 3.63) is 35.3 Å². The predicted molar refractivity (Wildman–Crippen MR) is 74.5 cm³/mol. The Kier molecular flexibility index (Phi) is 3.71. The number of H-pyrrole nitrogens is 1. The highest BCUT2D eigenvalue weighted by molar-refractivity contribution is 6.04. The number of aromatic amines is 1. The van der Waals surface area contributed by atoms with Crippen molar-refractivity contribution in [2.24, 2.45) is 0 Å². The van der Waals surface area contributed by atoms with Crippen LogP contribution in [0.2, 0.25) is 0 Å². The van der Waals surface area contributed by atoms with E-state index in [0.29, 0.717) is 17.2 Å². The third kappa shape index (κ3) is 2.53. The van der Waals surface area contributed by atoms with Crippen LogP contribution in [-0.4, -0.2) is 21.1 Å². The molecule has 6 nitrogen and oxygen atoms in total. The molecule has 1 amide bonds. The van der Waals surface area contributed by atoms with Crippen molar-refractivity contribution < 1.29 is 4.79 Å². The molecule has 0 atom stereocenters. The monoisotopic (exact) mass is 279 g/mol. The normalized spacial score (nSPS) is 12.6. The van der Waals surface area contributed by atoms with Gasteiger partial charge in [0.05, 0.1) is 11.9 Å². The second kappa shape index (κ2) is 5.27. The van der Waals surface area contributed by atoms with Crippen LogP contribution in [0.25, 0.3) is 0 Å². The van der Waals surface area contributed by atoms with Crippen LogP contribution in [0.5, 0.6) is 0 Å². The average Bonchev–Trinajstić information content (AvgIpc) is 2.93. The zero-order valence-electron chi connectivity index (χ0n) is 10.1. The minimum atomic E-state index is -0.207. The van der Waals surface area contributed by atoms with Crippen molar-refractivity contribution in [1.29, 1.82) is 0 Å². The molecule has 0 unspecified atom stereocenters. The van der Waals surface area contributed by atoms with Crippen molar-refractivity contribution in [2.75, 3.05) is 11.1 Å². The summed E-state index contributed by atoms with van der Waals surface area (Å²) in [4.78, 5) is 16.0. The third-order valence-corrected chi connectivity index (χ3v) is 3.07. The largest absolute Gasteiger partial charge is 0.384 e. The molecule has 0 saturated carbocycles. The zero-order valence-corrected chi connectivity index (χ0v) is 11.0. The minimum absolute atomic E-state index is 0. The van der Waals surface area contributed by atoms with E-state index in [2.05, 4.69) is 20.5 Å². The van der Waals surface area contributed by atoms with Gasteiger partial charge in [-0.1, -0.05) is 0 Å². The van der Waals surface area contributed by atoms with Gasteiger partial charge in [0.1, 0.15) is 5.82 Å². The van der Waals surface area contributed by atoms with Gasteiger partial charge in [0.15, 0.2) is 5.69 Å². The van der Waals surface area contributed by atoms with E-state index in [4.69, 9.17) is 5.73 Å². The minimum Gasteiger partial charge on any atom is -0.384 e. The molecule has 0 aliphatic heterocycles. The lowest BCUT2D eigenvalue weighted by atomic mass is 10.2. The van der Waals surface area contributed by atoms with Crippen molar-refractivity contribution in [3.8, 4) is 0 Å². The maximum atomic E-state index is 12.1. The van der Waals surface area contributed by atoms with Gasteiger partial charge in [-0.25, -0.2) is 4.98 Å². The lowest BCUT2D eigenvalue weighted by Gasteiger charge is -2.03. The van der Waals surface area contributed by atoms with E-state index in [1.165, 1.54) is 6.20 Å². The van der Waals surface area contributed by atoms with Crippen molar-refractivity contribution in [2.45, 2.75) is 19.3 Å². The Bertz CT molecular complexity index is 593. The molecule has 4 N–H and O–H groups in total. The van der Waals surface area contributed by atoms with Crippen molar-refractivity contribution >= 4 is 29.8 Å². The Morgan fingerprint density at radius 3 is 2.95 bits per heavy atom. The average molecular weight is 280 g/mol. The van der Waals surface area contributed by atoms with Gasteiger partial charge in [0.2, 0.25) is 0 Å². The summed E-state index contributed by atoms with van der Waals surface area (Å²) in [6, 6.07) is 3.36. The number of nitrogen functional groups attached to an aromatic ring is 1. The van der Waals surface area contributed by atoms with E-state index in [1.807, 2.05) is 0 Å². The summed E-state index contributed by atoms with van der Waals surface area (Å²) < 4.78 is 0. The van der Waals surface area contributed by atoms with Gasteiger partial charge < -0.3 is 11.1 Å². The Morgan fingerprint density at radius 2 is 2.21 bits per heavy atom. The molecule has 0 fully saturated rings. The van der Waals surface area contributed by atoms with Gasteiger partial charge in [-0.3, -0.25) is 9.89 Å². The maximum absolute atomic E-state index is 12.1. The fourth-order valence-electron chi connectivity index (χ4n) is 2.18. The van der Waals surface area contributed by atoms with Crippen LogP contribution in [0.3, 0.4) is 0 Å². The van der Waals surface area contributed by atoms with E-state index >= 15 is 0 Å². The fraction of sp³-hybridized carbons (Fsp3) is 0.250. The van der Waals surface area contributed by atoms with Crippen LogP contribution in [0, 0.1) is 0 Å². The summed E-state index contributed by atoms with van der Waals surface area (Å²) in [6.45, 7) is 0. The topological polar surface area (TPSA) is 96.7 Å². The number of aryl methyl sites for hydroxylation is 1. The number of hydrogen-bond donors (Lipinski definition) is 3. The number of anilines is 2. The molecule has 2 aromatic rings. The number of fused-ring (bicyclic) bond motifs is 1. The van der Waals surface area contributed by atoms with Crippen molar-refractivity contribution in [1.82, 2.24) is 15.2 Å². The molecule has 100 valence electrons. The molecule has 3 rings (SSSR count). The Morgan fingerprint density at radius 1 is 1.37 bits per heavy atom. The number of pyridine rings is 1. The van der Waals surface area contributed by atoms with Gasteiger partial charge in [-0.2, -0.15) is 5.10 Å². The van der Waals surface area contributed by atoms with Crippen LogP contribution in [-0.2, 0) is 12.8 Å². The Hall–Kier alpha value is -2.08. The molecule has 1 aliphatic carbocycles. The molecular weight excluding hydrogens is 266 g/mol. The molecule has 2 heterocycles. The van der Waals surface area contributed by atoms with Crippen LogP contribution in [0.1, 0.15) is 28.2 Å². The van der Waals surface area contributed by atoms with Crippen LogP contribution in [0.15, 0.2) is 18.3 Å². The van der Waals surface area contributed by atoms with Gasteiger partial charge in [0, 0.05) is 11.3 Å². The molecule has 1 aliphatic rings. The summed E-state index contributed by atoms with van der Waals surface area (Å²) >= 11 is 0. The molecular formula is C12H14ClN5O. The quantitative estimate of drug-likeness (QED) is 0.777. The van der Waals surface area contributed by atoms with E-state index in [-0.39, 0.29) is 18.3 Å². The summed E-state index contributed by atoms with van der Waals surface area (Å²) in [5.41, 5.74) is 8.70. The molecule has 0 saturated heterocycles. The number of nitrogens with two attached hydrogens (primary N) is 1. The number of carbonyl (C=O) groups excluding carboxylic acids is 1. The predicted octanol–water partition coefficient (Wildman–Crippen LogP) is 1.55. The molecule has 0 aromatic carbocycles.